The average Bonchev–Trinajstić information content (AvgIpc) is 2.63. The highest BCUT2D eigenvalue weighted by Crippen LogP contribution is 2.33. The third-order valence-corrected chi connectivity index (χ3v) is 5.72. The van der Waals surface area contributed by atoms with E-state index in [-0.39, 0.29) is 17.2 Å². The van der Waals surface area contributed by atoms with Gasteiger partial charge in [0.2, 0.25) is 0 Å². The minimum Gasteiger partial charge on any atom is -0.387 e. The number of thioether (sulfide) groups is 1. The zero-order valence-corrected chi connectivity index (χ0v) is 16.4. The zero-order valence-electron chi connectivity index (χ0n) is 15.6. The Kier molecular flexibility index (Phi) is 7.32. The lowest BCUT2D eigenvalue weighted by Crippen LogP contribution is -2.48. The van der Waals surface area contributed by atoms with Crippen molar-refractivity contribution >= 4 is 29.6 Å². The second-order valence-electron chi connectivity index (χ2n) is 6.46. The molecule has 0 aliphatic carbocycles. The number of nitrogens with one attached hydrogen (secondary N) is 2. The lowest BCUT2D eigenvalue weighted by atomic mass is 10.0. The van der Waals surface area contributed by atoms with Crippen LogP contribution in [0.3, 0.4) is 0 Å². The second-order valence-corrected chi connectivity index (χ2v) is 7.88. The molecule has 0 spiro atoms. The van der Waals surface area contributed by atoms with Gasteiger partial charge in [0.15, 0.2) is 0 Å². The van der Waals surface area contributed by atoms with Crippen molar-refractivity contribution in [1.82, 2.24) is 10.2 Å². The number of anilines is 1. The van der Waals surface area contributed by atoms with E-state index < -0.39 is 0 Å². The van der Waals surface area contributed by atoms with Crippen molar-refractivity contribution in [3.8, 4) is 0 Å². The number of nitrogens with zero attached hydrogens (tertiary/aromatic N) is 1. The Morgan fingerprint density at radius 1 is 1.52 bits per heavy atom. The van der Waals surface area contributed by atoms with Gasteiger partial charge in [-0.1, -0.05) is 0 Å². The molecule has 1 aliphatic rings. The van der Waals surface area contributed by atoms with Crippen LogP contribution in [-0.4, -0.2) is 55.1 Å². The predicted octanol–water partition coefficient (Wildman–Crippen LogP) is 2.93. The fraction of sp³-hybridized carbons (Fsp3) is 0.579. The molecule has 6 heteroatoms. The van der Waals surface area contributed by atoms with E-state index in [1.807, 2.05) is 44.9 Å². The Labute approximate surface area is 154 Å². The van der Waals surface area contributed by atoms with E-state index in [0.717, 1.165) is 53.9 Å². The number of carbonyl (C=O) groups excluding carboxylic acids is 2. The number of carbonyl (C=O) groups is 2. The summed E-state index contributed by atoms with van der Waals surface area (Å²) in [5, 5.41) is 6.43. The van der Waals surface area contributed by atoms with Crippen molar-refractivity contribution in [2.45, 2.75) is 49.8 Å². The lowest BCUT2D eigenvalue weighted by Gasteiger charge is -2.34. The number of piperidine rings is 1. The molecule has 0 radical (unpaired) electrons. The first-order valence-corrected chi connectivity index (χ1v) is 9.85. The summed E-state index contributed by atoms with van der Waals surface area (Å²) in [6.07, 6.45) is 3.09. The fourth-order valence-electron chi connectivity index (χ4n) is 3.25. The Morgan fingerprint density at radius 2 is 2.28 bits per heavy atom. The summed E-state index contributed by atoms with van der Waals surface area (Å²) in [6.45, 7) is 8.49. The van der Waals surface area contributed by atoms with E-state index in [2.05, 4.69) is 10.6 Å². The molecule has 1 fully saturated rings. The van der Waals surface area contributed by atoms with Gasteiger partial charge >= 0.3 is 0 Å². The first-order valence-electron chi connectivity index (χ1n) is 8.97. The molecule has 1 aliphatic heterocycles. The molecule has 2 rings (SSSR count). The van der Waals surface area contributed by atoms with Gasteiger partial charge in [0.1, 0.15) is 6.29 Å². The largest absolute Gasteiger partial charge is 0.387 e. The predicted molar refractivity (Wildman–Crippen MR) is 105 cm³/mol. The van der Waals surface area contributed by atoms with E-state index in [1.165, 1.54) is 11.8 Å². The zero-order chi connectivity index (χ0) is 18.4. The maximum Gasteiger partial charge on any atom is 0.254 e. The van der Waals surface area contributed by atoms with Crippen LogP contribution in [-0.2, 0) is 4.79 Å². The molecule has 1 aromatic rings. The monoisotopic (exact) mass is 363 g/mol. The van der Waals surface area contributed by atoms with Gasteiger partial charge in [-0.15, -0.1) is 11.8 Å². The van der Waals surface area contributed by atoms with Gasteiger partial charge in [-0.3, -0.25) is 4.79 Å². The quantitative estimate of drug-likeness (QED) is 0.576. The molecule has 0 bridgehead atoms. The number of benzene rings is 1. The Morgan fingerprint density at radius 3 is 2.84 bits per heavy atom. The summed E-state index contributed by atoms with van der Waals surface area (Å²) in [7, 11) is 1.84. The molecule has 1 heterocycles. The third-order valence-electron chi connectivity index (χ3n) is 4.64. The molecular weight excluding hydrogens is 334 g/mol. The standard InChI is InChI=1S/C19H29N3O2S/c1-5-22(15-7-6-8-21-11-15)19(24)16-10-17(20-4)18(9-13(16)2)25-14(3)12-23/h9-10,12,14-15,20-21H,5-8,11H2,1-4H3/t14?,15-/m1/s1. The topological polar surface area (TPSA) is 61.4 Å². The van der Waals surface area contributed by atoms with Crippen LogP contribution in [0.15, 0.2) is 17.0 Å². The molecule has 25 heavy (non-hydrogen) atoms. The number of amides is 1. The van der Waals surface area contributed by atoms with Crippen LogP contribution < -0.4 is 10.6 Å². The Balaban J connectivity index is 2.30. The van der Waals surface area contributed by atoms with Crippen LogP contribution in [0.4, 0.5) is 5.69 Å². The molecule has 2 N–H and O–H groups in total. The van der Waals surface area contributed by atoms with Crippen LogP contribution in [0.25, 0.3) is 0 Å². The number of likely N-dealkylation sites (N-methyl/N-ethyl adjacent to an activating group) is 1. The molecule has 1 unspecified atom stereocenters. The summed E-state index contributed by atoms with van der Waals surface area (Å²) >= 11 is 1.51. The molecule has 2 atom stereocenters. The summed E-state index contributed by atoms with van der Waals surface area (Å²) in [5.74, 6) is 0.0881. The first kappa shape index (κ1) is 19.8. The number of hydrogen-bond acceptors (Lipinski definition) is 5. The molecule has 1 aromatic carbocycles. The summed E-state index contributed by atoms with van der Waals surface area (Å²) in [6, 6.07) is 4.19. The van der Waals surface area contributed by atoms with Crippen molar-refractivity contribution in [3.05, 3.63) is 23.3 Å². The van der Waals surface area contributed by atoms with Crippen LogP contribution in [0.5, 0.6) is 0 Å². The molecule has 1 saturated heterocycles. The smallest absolute Gasteiger partial charge is 0.254 e. The van der Waals surface area contributed by atoms with Crippen molar-refractivity contribution < 1.29 is 9.59 Å². The molecule has 0 saturated carbocycles. The van der Waals surface area contributed by atoms with E-state index in [9.17, 15) is 9.59 Å². The average molecular weight is 364 g/mol. The number of hydrogen-bond donors (Lipinski definition) is 2. The molecular formula is C19H29N3O2S. The van der Waals surface area contributed by atoms with Crippen LogP contribution in [0.2, 0.25) is 0 Å². The van der Waals surface area contributed by atoms with Gasteiger partial charge in [-0.2, -0.15) is 0 Å². The summed E-state index contributed by atoms with van der Waals surface area (Å²) in [5.41, 5.74) is 2.58. The van der Waals surface area contributed by atoms with E-state index in [0.29, 0.717) is 6.54 Å². The Bertz CT molecular complexity index is 615. The summed E-state index contributed by atoms with van der Waals surface area (Å²) in [4.78, 5) is 27.1. The lowest BCUT2D eigenvalue weighted by molar-refractivity contribution is -0.107. The highest BCUT2D eigenvalue weighted by molar-refractivity contribution is 8.00. The maximum absolute atomic E-state index is 13.2. The number of aldehydes is 1. The molecule has 5 nitrogen and oxygen atoms in total. The Hall–Kier alpha value is -1.53. The maximum atomic E-state index is 13.2. The normalized spacial score (nSPS) is 18.5. The van der Waals surface area contributed by atoms with Gasteiger partial charge in [0.25, 0.3) is 5.91 Å². The van der Waals surface area contributed by atoms with Crippen LogP contribution in [0.1, 0.15) is 42.6 Å². The van der Waals surface area contributed by atoms with Crippen LogP contribution >= 0.6 is 11.8 Å². The van der Waals surface area contributed by atoms with E-state index in [1.54, 1.807) is 0 Å². The second kappa shape index (κ2) is 9.25. The number of aryl methyl sites for hydroxylation is 1. The first-order chi connectivity index (χ1) is 12.0. The highest BCUT2D eigenvalue weighted by atomic mass is 32.2. The van der Waals surface area contributed by atoms with Gasteiger partial charge in [0, 0.05) is 42.3 Å². The van der Waals surface area contributed by atoms with Crippen molar-refractivity contribution in [2.75, 3.05) is 32.0 Å². The minimum atomic E-state index is -0.117. The van der Waals surface area contributed by atoms with Gasteiger partial charge in [-0.25, -0.2) is 0 Å². The minimum absolute atomic E-state index is 0.0881. The van der Waals surface area contributed by atoms with Gasteiger partial charge < -0.3 is 20.3 Å². The molecule has 138 valence electrons. The highest BCUT2D eigenvalue weighted by Gasteiger charge is 2.26. The van der Waals surface area contributed by atoms with E-state index >= 15 is 0 Å². The number of rotatable bonds is 7. The van der Waals surface area contributed by atoms with E-state index in [4.69, 9.17) is 0 Å². The van der Waals surface area contributed by atoms with Crippen molar-refractivity contribution in [2.24, 2.45) is 0 Å². The van der Waals surface area contributed by atoms with Crippen molar-refractivity contribution in [1.29, 1.82) is 0 Å². The SMILES string of the molecule is CCN(C(=O)c1cc(NC)c(SC(C)C=O)cc1C)[C@@H]1CCCNC1. The molecule has 1 amide bonds. The molecule has 0 aromatic heterocycles. The summed E-state index contributed by atoms with van der Waals surface area (Å²) < 4.78 is 0. The van der Waals surface area contributed by atoms with Crippen molar-refractivity contribution in [3.63, 3.8) is 0 Å². The van der Waals surface area contributed by atoms with Gasteiger partial charge in [0.05, 0.1) is 5.25 Å². The van der Waals surface area contributed by atoms with Crippen LogP contribution in [0, 0.1) is 6.92 Å². The third kappa shape index (κ3) is 4.76. The fourth-order valence-corrected chi connectivity index (χ4v) is 4.24. The van der Waals surface area contributed by atoms with Gasteiger partial charge in [-0.05, 0) is 57.9 Å².